The van der Waals surface area contributed by atoms with E-state index in [2.05, 4.69) is 63.3 Å². The predicted octanol–water partition coefficient (Wildman–Crippen LogP) is 6.95. The van der Waals surface area contributed by atoms with Crippen LogP contribution in [0.3, 0.4) is 0 Å². The van der Waals surface area contributed by atoms with Gasteiger partial charge < -0.3 is 15.2 Å². The molecule has 1 amide bonds. The van der Waals surface area contributed by atoms with Crippen LogP contribution in [0.15, 0.2) is 66.9 Å². The van der Waals surface area contributed by atoms with Crippen LogP contribution in [0, 0.1) is 0 Å². The summed E-state index contributed by atoms with van der Waals surface area (Å²) in [4.78, 5) is 27.6. The number of ether oxygens (including phenoxy) is 1. The van der Waals surface area contributed by atoms with E-state index in [0.29, 0.717) is 11.3 Å². The zero-order valence-corrected chi connectivity index (χ0v) is 22.3. The lowest BCUT2D eigenvalue weighted by molar-refractivity contribution is -0.136. The smallest absolute Gasteiger partial charge is 0.305 e. The van der Waals surface area contributed by atoms with Gasteiger partial charge in [-0.3, -0.25) is 14.6 Å². The maximum Gasteiger partial charge on any atom is 0.305 e. The molecule has 0 aliphatic carbocycles. The van der Waals surface area contributed by atoms with E-state index in [1.807, 2.05) is 12.3 Å². The Kier molecular flexibility index (Phi) is 9.84. The lowest BCUT2D eigenvalue weighted by atomic mass is 9.86. The number of hydrogen-bond acceptors (Lipinski definition) is 4. The molecule has 0 spiro atoms. The van der Waals surface area contributed by atoms with E-state index >= 15 is 0 Å². The highest BCUT2D eigenvalue weighted by molar-refractivity contribution is 5.94. The Balaban J connectivity index is 1.70. The fraction of sp³-hybridized carbons (Fsp3) is 0.387. The largest absolute Gasteiger partial charge is 0.486 e. The maximum absolute atomic E-state index is 12.2. The topological polar surface area (TPSA) is 88.5 Å². The van der Waals surface area contributed by atoms with Gasteiger partial charge >= 0.3 is 5.97 Å². The van der Waals surface area contributed by atoms with Gasteiger partial charge in [0.15, 0.2) is 0 Å². The molecule has 6 nitrogen and oxygen atoms in total. The number of benzene rings is 2. The van der Waals surface area contributed by atoms with Gasteiger partial charge in [-0.05, 0) is 54.2 Å². The molecule has 0 aliphatic heterocycles. The molecule has 0 saturated heterocycles. The molecular formula is C31H38N2O4. The first kappa shape index (κ1) is 27.9. The Morgan fingerprint density at radius 1 is 0.973 bits per heavy atom. The molecule has 6 heteroatoms. The van der Waals surface area contributed by atoms with Crippen LogP contribution in [-0.2, 0) is 10.2 Å². The van der Waals surface area contributed by atoms with E-state index in [1.54, 1.807) is 24.3 Å². The van der Waals surface area contributed by atoms with Gasteiger partial charge in [-0.25, -0.2) is 0 Å². The number of carboxylic acid groups (broad SMARTS) is 1. The number of unbranched alkanes of at least 4 members (excludes halogenated alkanes) is 2. The Morgan fingerprint density at radius 2 is 1.68 bits per heavy atom. The van der Waals surface area contributed by atoms with Crippen LogP contribution in [-0.4, -0.2) is 28.5 Å². The molecule has 0 aliphatic rings. The van der Waals surface area contributed by atoms with Crippen molar-refractivity contribution in [2.24, 2.45) is 0 Å². The molecule has 0 saturated carbocycles. The molecule has 2 N–H and O–H groups in total. The van der Waals surface area contributed by atoms with Gasteiger partial charge in [0.2, 0.25) is 0 Å². The quantitative estimate of drug-likeness (QED) is 0.262. The van der Waals surface area contributed by atoms with Gasteiger partial charge in [0.05, 0.1) is 12.1 Å². The minimum atomic E-state index is -0.945. The molecule has 2 aromatic carbocycles. The van der Waals surface area contributed by atoms with Crippen LogP contribution < -0.4 is 10.1 Å². The van der Waals surface area contributed by atoms with Gasteiger partial charge in [-0.15, -0.1) is 0 Å². The third-order valence-corrected chi connectivity index (χ3v) is 6.29. The van der Waals surface area contributed by atoms with Crippen LogP contribution in [0.25, 0.3) is 11.3 Å². The van der Waals surface area contributed by atoms with Gasteiger partial charge in [-0.2, -0.15) is 0 Å². The second-order valence-corrected chi connectivity index (χ2v) is 10.3. The van der Waals surface area contributed by atoms with Crippen molar-refractivity contribution in [3.63, 3.8) is 0 Å². The Bertz CT molecular complexity index is 1150. The molecule has 0 fully saturated rings. The fourth-order valence-electron chi connectivity index (χ4n) is 4.02. The zero-order valence-electron chi connectivity index (χ0n) is 22.3. The van der Waals surface area contributed by atoms with E-state index in [-0.39, 0.29) is 30.4 Å². The second kappa shape index (κ2) is 13.0. The average molecular weight is 503 g/mol. The number of rotatable bonds is 12. The van der Waals surface area contributed by atoms with Crippen LogP contribution in [0.2, 0.25) is 0 Å². The minimum Gasteiger partial charge on any atom is -0.486 e. The number of pyridine rings is 1. The number of carbonyl (C=O) groups excluding carboxylic acids is 1. The fourth-order valence-corrected chi connectivity index (χ4v) is 4.02. The van der Waals surface area contributed by atoms with Crippen molar-refractivity contribution in [2.45, 2.75) is 71.3 Å². The standard InChI is InChI=1S/C31H38N2O4/c1-5-6-7-8-28(37-26-16-11-23(12-17-26)30(36)32-20-19-29(34)35)24-13-18-27(33-21-24)22-9-14-25(15-10-22)31(2,3)4/h9-18,21,28H,5-8,19-20H2,1-4H3,(H,32,36)(H,34,35). The van der Waals surface area contributed by atoms with Crippen molar-refractivity contribution >= 4 is 11.9 Å². The van der Waals surface area contributed by atoms with Crippen molar-refractivity contribution in [1.82, 2.24) is 10.3 Å². The second-order valence-electron chi connectivity index (χ2n) is 10.3. The summed E-state index contributed by atoms with van der Waals surface area (Å²) in [5.74, 6) is -0.577. The third-order valence-electron chi connectivity index (χ3n) is 6.29. The SMILES string of the molecule is CCCCCC(Oc1ccc(C(=O)NCCC(=O)O)cc1)c1ccc(-c2ccc(C(C)(C)C)cc2)nc1. The summed E-state index contributed by atoms with van der Waals surface area (Å²) in [5, 5.41) is 11.3. The van der Waals surface area contributed by atoms with Gasteiger partial charge in [0.1, 0.15) is 11.9 Å². The van der Waals surface area contributed by atoms with E-state index in [1.165, 1.54) is 5.56 Å². The number of hydrogen-bond donors (Lipinski definition) is 2. The maximum atomic E-state index is 12.2. The number of aliphatic carboxylic acids is 1. The van der Waals surface area contributed by atoms with E-state index < -0.39 is 5.97 Å². The molecule has 0 bridgehead atoms. The summed E-state index contributed by atoms with van der Waals surface area (Å²) in [6.45, 7) is 8.89. The molecule has 1 atom stereocenters. The molecule has 196 valence electrons. The molecule has 1 unspecified atom stereocenters. The number of nitrogens with zero attached hydrogens (tertiary/aromatic N) is 1. The minimum absolute atomic E-state index is 0.0929. The zero-order chi connectivity index (χ0) is 26.8. The normalized spacial score (nSPS) is 12.1. The lowest BCUT2D eigenvalue weighted by Crippen LogP contribution is -2.25. The van der Waals surface area contributed by atoms with Crippen LogP contribution in [0.4, 0.5) is 0 Å². The molecule has 1 aromatic heterocycles. The summed E-state index contributed by atoms with van der Waals surface area (Å²) in [6, 6.07) is 19.6. The Morgan fingerprint density at radius 3 is 2.24 bits per heavy atom. The van der Waals surface area contributed by atoms with Gasteiger partial charge in [0, 0.05) is 29.4 Å². The molecule has 1 heterocycles. The molecular weight excluding hydrogens is 464 g/mol. The average Bonchev–Trinajstić information content (AvgIpc) is 2.88. The van der Waals surface area contributed by atoms with Gasteiger partial charge in [0.25, 0.3) is 5.91 Å². The van der Waals surface area contributed by atoms with Crippen molar-refractivity contribution < 1.29 is 19.4 Å². The summed E-state index contributed by atoms with van der Waals surface area (Å²) in [6.07, 6.45) is 5.80. The number of nitrogens with one attached hydrogen (secondary N) is 1. The molecule has 0 radical (unpaired) electrons. The predicted molar refractivity (Wildman–Crippen MR) is 147 cm³/mol. The Labute approximate surface area is 220 Å². The number of carboxylic acids is 1. The van der Waals surface area contributed by atoms with Crippen molar-refractivity contribution in [2.75, 3.05) is 6.54 Å². The Hall–Kier alpha value is -3.67. The number of carbonyl (C=O) groups is 2. The summed E-state index contributed by atoms with van der Waals surface area (Å²) >= 11 is 0. The first-order chi connectivity index (χ1) is 17.7. The first-order valence-electron chi connectivity index (χ1n) is 13.0. The van der Waals surface area contributed by atoms with Crippen LogP contribution in [0.1, 0.15) is 87.4 Å². The van der Waals surface area contributed by atoms with Crippen molar-refractivity contribution in [3.8, 4) is 17.0 Å². The summed E-state index contributed by atoms with van der Waals surface area (Å²) < 4.78 is 6.34. The van der Waals surface area contributed by atoms with Crippen molar-refractivity contribution in [1.29, 1.82) is 0 Å². The highest BCUT2D eigenvalue weighted by Crippen LogP contribution is 2.29. The summed E-state index contributed by atoms with van der Waals surface area (Å²) in [7, 11) is 0. The number of amides is 1. The third kappa shape index (κ3) is 8.45. The summed E-state index contributed by atoms with van der Waals surface area (Å²) in [5.41, 5.74) is 4.89. The monoisotopic (exact) mass is 502 g/mol. The first-order valence-corrected chi connectivity index (χ1v) is 13.0. The van der Waals surface area contributed by atoms with Gasteiger partial charge in [-0.1, -0.05) is 70.9 Å². The van der Waals surface area contributed by atoms with E-state index in [9.17, 15) is 9.59 Å². The van der Waals surface area contributed by atoms with Crippen molar-refractivity contribution in [3.05, 3.63) is 83.6 Å². The highest BCUT2D eigenvalue weighted by Gasteiger charge is 2.16. The molecule has 3 aromatic rings. The van der Waals surface area contributed by atoms with E-state index in [4.69, 9.17) is 14.8 Å². The van der Waals surface area contributed by atoms with E-state index in [0.717, 1.165) is 42.5 Å². The van der Waals surface area contributed by atoms with Crippen LogP contribution >= 0.6 is 0 Å². The highest BCUT2D eigenvalue weighted by atomic mass is 16.5. The number of aromatic nitrogens is 1. The lowest BCUT2D eigenvalue weighted by Gasteiger charge is -2.20. The van der Waals surface area contributed by atoms with Crippen LogP contribution in [0.5, 0.6) is 5.75 Å². The molecule has 3 rings (SSSR count). The molecule has 37 heavy (non-hydrogen) atoms.